The zero-order chi connectivity index (χ0) is 23.2. The highest BCUT2D eigenvalue weighted by Gasteiger charge is 2.01. The molecule has 180 valence electrons. The minimum absolute atomic E-state index is 0.174. The van der Waals surface area contributed by atoms with E-state index in [-0.39, 0.29) is 24.1 Å². The van der Waals surface area contributed by atoms with E-state index in [2.05, 4.69) is 42.5 Å². The second-order valence-corrected chi connectivity index (χ2v) is 6.78. The van der Waals surface area contributed by atoms with E-state index >= 15 is 0 Å². The lowest BCUT2D eigenvalue weighted by molar-refractivity contribution is 0.238. The first kappa shape index (κ1) is 28.1. The summed E-state index contributed by atoms with van der Waals surface area (Å²) in [5.41, 5.74) is 0. The Morgan fingerprint density at radius 3 is 0.968 bits per heavy atom. The van der Waals surface area contributed by atoms with Gasteiger partial charge in [0.05, 0.1) is 0 Å². The van der Waals surface area contributed by atoms with E-state index in [9.17, 15) is 19.2 Å². The second kappa shape index (κ2) is 20.4. The minimum Gasteiger partial charge on any atom is -0.341 e. The Bertz CT molecular complexity index is 519. The number of urea groups is 4. The number of carbonyl (C=O) groups is 4. The first-order valence-corrected chi connectivity index (χ1v) is 11.0. The predicted molar refractivity (Wildman–Crippen MR) is 120 cm³/mol. The van der Waals surface area contributed by atoms with Gasteiger partial charge in [0.25, 0.3) is 0 Å². The van der Waals surface area contributed by atoms with Crippen molar-refractivity contribution in [1.29, 1.82) is 0 Å². The molecule has 0 atom stereocenters. The highest BCUT2D eigenvalue weighted by atomic mass is 16.2. The minimum atomic E-state index is -0.216. The number of hydrogen-bond donors (Lipinski definition) is 8. The lowest BCUT2D eigenvalue weighted by Crippen LogP contribution is -2.38. The van der Waals surface area contributed by atoms with E-state index in [1.807, 2.05) is 6.92 Å². The molecule has 31 heavy (non-hydrogen) atoms. The maximum atomic E-state index is 11.6. The van der Waals surface area contributed by atoms with E-state index in [1.54, 1.807) is 7.05 Å². The van der Waals surface area contributed by atoms with Gasteiger partial charge in [-0.2, -0.15) is 0 Å². The van der Waals surface area contributed by atoms with E-state index in [1.165, 1.54) is 0 Å². The lowest BCUT2D eigenvalue weighted by Gasteiger charge is -2.09. The maximum absolute atomic E-state index is 11.6. The zero-order valence-electron chi connectivity index (χ0n) is 18.8. The Kier molecular flexibility index (Phi) is 18.4. The molecule has 12 nitrogen and oxygen atoms in total. The number of rotatable bonds is 16. The molecule has 0 aliphatic heterocycles. The lowest BCUT2D eigenvalue weighted by atomic mass is 10.3. The van der Waals surface area contributed by atoms with Crippen molar-refractivity contribution in [3.8, 4) is 0 Å². The summed E-state index contributed by atoms with van der Waals surface area (Å²) in [6.07, 6.45) is 4.65. The largest absolute Gasteiger partial charge is 0.341 e. The van der Waals surface area contributed by atoms with Crippen LogP contribution < -0.4 is 42.5 Å². The van der Waals surface area contributed by atoms with Crippen LogP contribution in [0.25, 0.3) is 0 Å². The summed E-state index contributed by atoms with van der Waals surface area (Å²) in [7, 11) is 1.56. The summed E-state index contributed by atoms with van der Waals surface area (Å²) in [5.74, 6) is 0. The summed E-state index contributed by atoms with van der Waals surface area (Å²) in [6, 6.07) is -0.813. The van der Waals surface area contributed by atoms with Gasteiger partial charge >= 0.3 is 24.1 Å². The number of hydrogen-bond acceptors (Lipinski definition) is 4. The molecule has 8 amide bonds. The van der Waals surface area contributed by atoms with Crippen molar-refractivity contribution in [2.75, 3.05) is 52.9 Å². The van der Waals surface area contributed by atoms with E-state index in [0.717, 1.165) is 38.5 Å². The molecule has 0 fully saturated rings. The van der Waals surface area contributed by atoms with Gasteiger partial charge in [-0.1, -0.05) is 0 Å². The molecule has 0 bridgehead atoms. The van der Waals surface area contributed by atoms with Crippen molar-refractivity contribution in [2.45, 2.75) is 45.4 Å². The molecule has 0 unspecified atom stereocenters. The number of amides is 8. The third-order valence-corrected chi connectivity index (χ3v) is 4.09. The van der Waals surface area contributed by atoms with Gasteiger partial charge in [0.2, 0.25) is 0 Å². The smallest absolute Gasteiger partial charge is 0.314 e. The standard InChI is InChI=1S/C19H40N8O4/c1-3-21-17(29)23-11-6-7-13-25-19(31)27-15-9-8-14-26-18(30)24-12-5-4-10-22-16(28)20-2/h3-15H2,1-2H3,(H2,20,22,28)(H2,21,23,29)(H2,24,26,30)(H2,25,27,31). The molecule has 0 aromatic carbocycles. The van der Waals surface area contributed by atoms with Crippen LogP contribution in [-0.4, -0.2) is 77.0 Å². The fourth-order valence-electron chi connectivity index (χ4n) is 2.40. The Morgan fingerprint density at radius 2 is 0.710 bits per heavy atom. The van der Waals surface area contributed by atoms with Crippen LogP contribution >= 0.6 is 0 Å². The quantitative estimate of drug-likeness (QED) is 0.159. The van der Waals surface area contributed by atoms with Crippen LogP contribution in [0.2, 0.25) is 0 Å². The normalized spacial score (nSPS) is 9.87. The van der Waals surface area contributed by atoms with E-state index in [0.29, 0.717) is 45.8 Å². The second-order valence-electron chi connectivity index (χ2n) is 6.78. The number of unbranched alkanes of at least 4 members (excludes halogenated alkanes) is 3. The molecule has 12 heteroatoms. The molecule has 0 rings (SSSR count). The van der Waals surface area contributed by atoms with Crippen molar-refractivity contribution < 1.29 is 19.2 Å². The fraction of sp³-hybridized carbons (Fsp3) is 0.789. The van der Waals surface area contributed by atoms with Gasteiger partial charge < -0.3 is 42.5 Å². The summed E-state index contributed by atoms with van der Waals surface area (Å²) in [6.45, 7) is 5.76. The van der Waals surface area contributed by atoms with E-state index in [4.69, 9.17) is 0 Å². The predicted octanol–water partition coefficient (Wildman–Crippen LogP) is 0.174. The Labute approximate surface area is 184 Å². The summed E-state index contributed by atoms with van der Waals surface area (Å²) < 4.78 is 0. The van der Waals surface area contributed by atoms with Crippen LogP contribution in [0.5, 0.6) is 0 Å². The van der Waals surface area contributed by atoms with Crippen LogP contribution in [0.3, 0.4) is 0 Å². The van der Waals surface area contributed by atoms with Gasteiger partial charge in [-0.15, -0.1) is 0 Å². The van der Waals surface area contributed by atoms with Gasteiger partial charge in [-0.25, -0.2) is 19.2 Å². The molecule has 8 N–H and O–H groups in total. The highest BCUT2D eigenvalue weighted by molar-refractivity contribution is 5.74. The third-order valence-electron chi connectivity index (χ3n) is 4.09. The molecule has 0 aliphatic carbocycles. The monoisotopic (exact) mass is 444 g/mol. The van der Waals surface area contributed by atoms with Gasteiger partial charge in [0.15, 0.2) is 0 Å². The summed E-state index contributed by atoms with van der Waals surface area (Å²) in [5, 5.41) is 21.6. The van der Waals surface area contributed by atoms with Crippen molar-refractivity contribution in [3.63, 3.8) is 0 Å². The highest BCUT2D eigenvalue weighted by Crippen LogP contribution is 1.88. The van der Waals surface area contributed by atoms with Gasteiger partial charge in [0, 0.05) is 52.9 Å². The van der Waals surface area contributed by atoms with Crippen LogP contribution in [-0.2, 0) is 0 Å². The zero-order valence-corrected chi connectivity index (χ0v) is 18.8. The van der Waals surface area contributed by atoms with Crippen LogP contribution in [0.15, 0.2) is 0 Å². The maximum Gasteiger partial charge on any atom is 0.314 e. The van der Waals surface area contributed by atoms with Crippen molar-refractivity contribution in [3.05, 3.63) is 0 Å². The first-order valence-electron chi connectivity index (χ1n) is 11.0. The van der Waals surface area contributed by atoms with Crippen LogP contribution in [0, 0.1) is 0 Å². The van der Waals surface area contributed by atoms with Crippen molar-refractivity contribution in [2.24, 2.45) is 0 Å². The molecule has 0 radical (unpaired) electrons. The molecule has 0 saturated carbocycles. The molecule has 0 aliphatic rings. The Morgan fingerprint density at radius 1 is 0.452 bits per heavy atom. The SMILES string of the molecule is CCNC(=O)NCCCCNC(=O)NCCCCNC(=O)NCCCCNC(=O)NC. The molecule has 0 aromatic rings. The molecule has 0 aromatic heterocycles. The van der Waals surface area contributed by atoms with Gasteiger partial charge in [-0.05, 0) is 45.4 Å². The molecular formula is C19H40N8O4. The molecule has 0 spiro atoms. The molecule has 0 heterocycles. The number of carbonyl (C=O) groups excluding carboxylic acids is 4. The average Bonchev–Trinajstić information content (AvgIpc) is 2.75. The number of nitrogens with one attached hydrogen (secondary N) is 8. The summed E-state index contributed by atoms with van der Waals surface area (Å²) in [4.78, 5) is 45.4. The van der Waals surface area contributed by atoms with Crippen molar-refractivity contribution in [1.82, 2.24) is 42.5 Å². The topological polar surface area (TPSA) is 165 Å². The van der Waals surface area contributed by atoms with Crippen molar-refractivity contribution >= 4 is 24.1 Å². The molecule has 0 saturated heterocycles. The Balaban J connectivity index is 3.38. The van der Waals surface area contributed by atoms with E-state index < -0.39 is 0 Å². The molecular weight excluding hydrogens is 404 g/mol. The third kappa shape index (κ3) is 20.1. The Hall–Kier alpha value is -2.92. The fourth-order valence-corrected chi connectivity index (χ4v) is 2.40. The van der Waals surface area contributed by atoms with Crippen LogP contribution in [0.4, 0.5) is 19.2 Å². The first-order chi connectivity index (χ1) is 15.0. The van der Waals surface area contributed by atoms with Gasteiger partial charge in [0.1, 0.15) is 0 Å². The van der Waals surface area contributed by atoms with Crippen LogP contribution in [0.1, 0.15) is 45.4 Å². The average molecular weight is 445 g/mol. The van der Waals surface area contributed by atoms with Gasteiger partial charge in [-0.3, -0.25) is 0 Å². The summed E-state index contributed by atoms with van der Waals surface area (Å²) >= 11 is 0.